The molecule has 0 saturated carbocycles. The van der Waals surface area contributed by atoms with Crippen molar-refractivity contribution >= 4 is 46.4 Å². The Morgan fingerprint density at radius 1 is 1.28 bits per heavy atom. The molecule has 130 valence electrons. The molecule has 0 bridgehead atoms. The molecule has 25 heavy (non-hydrogen) atoms. The lowest BCUT2D eigenvalue weighted by Gasteiger charge is -2.23. The number of rotatable bonds is 4. The molecule has 6 heteroatoms. The number of hydrogen-bond acceptors (Lipinski definition) is 4. The minimum atomic E-state index is 0.0167. The third-order valence-electron chi connectivity index (χ3n) is 3.91. The van der Waals surface area contributed by atoms with Crippen LogP contribution in [-0.2, 0) is 4.79 Å². The molecule has 3 rings (SSSR count). The normalized spacial score (nSPS) is 14.8. The van der Waals surface area contributed by atoms with Crippen molar-refractivity contribution in [3.05, 3.63) is 51.5 Å². The summed E-state index contributed by atoms with van der Waals surface area (Å²) in [6.45, 7) is 4.32. The van der Waals surface area contributed by atoms with Crippen molar-refractivity contribution < 1.29 is 9.53 Å². The highest BCUT2D eigenvalue weighted by Gasteiger charge is 2.30. The fourth-order valence-corrected chi connectivity index (χ4v) is 4.51. The van der Waals surface area contributed by atoms with E-state index in [0.29, 0.717) is 15.8 Å². The number of anilines is 1. The summed E-state index contributed by atoms with van der Waals surface area (Å²) in [5.41, 5.74) is 2.68. The molecule has 0 aliphatic carbocycles. The Morgan fingerprint density at radius 3 is 2.68 bits per heavy atom. The first-order valence-corrected chi connectivity index (χ1v) is 9.37. The van der Waals surface area contributed by atoms with Gasteiger partial charge in [0.25, 0.3) is 0 Å². The molecule has 0 amide bonds. The minimum Gasteiger partial charge on any atom is -0.496 e. The Balaban J connectivity index is 2.30. The van der Waals surface area contributed by atoms with Crippen LogP contribution in [0.5, 0.6) is 5.75 Å². The van der Waals surface area contributed by atoms with E-state index in [4.69, 9.17) is 27.9 Å². The van der Waals surface area contributed by atoms with E-state index < -0.39 is 0 Å². The summed E-state index contributed by atoms with van der Waals surface area (Å²) in [6.07, 6.45) is 1.66. The lowest BCUT2D eigenvalue weighted by molar-refractivity contribution is -0.112. The zero-order valence-electron chi connectivity index (χ0n) is 14.1. The number of hydrogen-bond donors (Lipinski definition) is 0. The first kappa shape index (κ1) is 18.2. The van der Waals surface area contributed by atoms with Gasteiger partial charge in [0, 0.05) is 33.1 Å². The third-order valence-corrected chi connectivity index (χ3v) is 5.58. The smallest absolute Gasteiger partial charge is 0.155 e. The molecule has 2 aromatic rings. The van der Waals surface area contributed by atoms with E-state index in [0.717, 1.165) is 33.3 Å². The van der Waals surface area contributed by atoms with Gasteiger partial charge in [-0.05, 0) is 44.2 Å². The van der Waals surface area contributed by atoms with Crippen molar-refractivity contribution in [2.75, 3.05) is 18.6 Å². The van der Waals surface area contributed by atoms with Crippen molar-refractivity contribution in [2.45, 2.75) is 18.7 Å². The van der Waals surface area contributed by atoms with Crippen LogP contribution in [0.25, 0.3) is 11.1 Å². The van der Waals surface area contributed by atoms with E-state index in [1.165, 1.54) is 0 Å². The van der Waals surface area contributed by atoms with Crippen LogP contribution in [0, 0.1) is 0 Å². The molecule has 1 aliphatic heterocycles. The third kappa shape index (κ3) is 3.39. The lowest BCUT2D eigenvalue weighted by Crippen LogP contribution is -2.18. The summed E-state index contributed by atoms with van der Waals surface area (Å²) in [4.78, 5) is 14.8. The van der Waals surface area contributed by atoms with Crippen molar-refractivity contribution in [3.8, 4) is 16.9 Å². The van der Waals surface area contributed by atoms with Crippen LogP contribution >= 0.6 is 35.0 Å². The fourth-order valence-electron chi connectivity index (χ4n) is 2.90. The Kier molecular flexibility index (Phi) is 5.32. The highest BCUT2D eigenvalue weighted by Crippen LogP contribution is 2.54. The number of ether oxygens (including phenoxy) is 1. The fraction of sp³-hybridized carbons (Fsp3) is 0.211. The summed E-state index contributed by atoms with van der Waals surface area (Å²) >= 11 is 14.2. The Labute approximate surface area is 161 Å². The molecule has 0 unspecified atom stereocenters. The number of carbonyl (C=O) groups excluding carboxylic acids is 1. The number of halogens is 2. The van der Waals surface area contributed by atoms with Crippen LogP contribution in [0.15, 0.2) is 46.3 Å². The summed E-state index contributed by atoms with van der Waals surface area (Å²) < 4.78 is 5.61. The van der Waals surface area contributed by atoms with Gasteiger partial charge >= 0.3 is 0 Å². The topological polar surface area (TPSA) is 29.5 Å². The van der Waals surface area contributed by atoms with Crippen LogP contribution in [0.1, 0.15) is 13.8 Å². The molecule has 1 heterocycles. The van der Waals surface area contributed by atoms with Crippen LogP contribution in [0.2, 0.25) is 10.0 Å². The molecule has 0 spiro atoms. The molecular weight excluding hydrogens is 377 g/mol. The van der Waals surface area contributed by atoms with Crippen LogP contribution < -0.4 is 9.64 Å². The largest absolute Gasteiger partial charge is 0.496 e. The van der Waals surface area contributed by atoms with Crippen molar-refractivity contribution in [1.29, 1.82) is 0 Å². The second-order valence-corrected chi connectivity index (χ2v) is 7.46. The molecule has 0 atom stereocenters. The number of methoxy groups -OCH3 is 1. The summed E-state index contributed by atoms with van der Waals surface area (Å²) in [7, 11) is 1.63. The van der Waals surface area contributed by atoms with E-state index in [2.05, 4.69) is 4.90 Å². The lowest BCUT2D eigenvalue weighted by atomic mass is 10.0. The first-order valence-electron chi connectivity index (χ1n) is 7.80. The number of fused-ring (bicyclic) bond motifs is 1. The first-order chi connectivity index (χ1) is 12.0. The van der Waals surface area contributed by atoms with Crippen LogP contribution in [0.3, 0.4) is 0 Å². The molecule has 0 fully saturated rings. The number of carbonyl (C=O) groups is 1. The van der Waals surface area contributed by atoms with E-state index in [-0.39, 0.29) is 5.78 Å². The van der Waals surface area contributed by atoms with Crippen LogP contribution in [-0.4, -0.2) is 19.4 Å². The van der Waals surface area contributed by atoms with Crippen molar-refractivity contribution in [1.82, 2.24) is 0 Å². The van der Waals surface area contributed by atoms with E-state index in [9.17, 15) is 4.79 Å². The SMILES string of the molecule is CCN1C(=CC(C)=O)Sc2ccc(OC)c(-c3cc(Cl)ccc3Cl)c21. The molecular formula is C19H17Cl2NO2S. The standard InChI is InChI=1S/C19H17Cl2NO2S/c1-4-22-17(9-11(2)23)25-16-8-7-15(24-3)18(19(16)22)13-10-12(20)5-6-14(13)21/h5-10H,4H2,1-3H3. The molecule has 0 aromatic heterocycles. The molecule has 1 aliphatic rings. The number of allylic oxidation sites excluding steroid dienone is 1. The van der Waals surface area contributed by atoms with Gasteiger partial charge in [0.2, 0.25) is 0 Å². The van der Waals surface area contributed by atoms with Gasteiger partial charge in [-0.3, -0.25) is 4.79 Å². The summed E-state index contributed by atoms with van der Waals surface area (Å²) in [5.74, 6) is 0.731. The van der Waals surface area contributed by atoms with Gasteiger partial charge in [-0.1, -0.05) is 35.0 Å². The predicted octanol–water partition coefficient (Wildman–Crippen LogP) is 6.03. The van der Waals surface area contributed by atoms with E-state index in [1.807, 2.05) is 25.1 Å². The number of thioether (sulfide) groups is 1. The average molecular weight is 394 g/mol. The summed E-state index contributed by atoms with van der Waals surface area (Å²) in [5, 5.41) is 2.10. The zero-order valence-corrected chi connectivity index (χ0v) is 16.4. The van der Waals surface area contributed by atoms with Gasteiger partial charge in [0.1, 0.15) is 5.75 Å². The van der Waals surface area contributed by atoms with Gasteiger partial charge in [0.05, 0.1) is 23.4 Å². The second-order valence-electron chi connectivity index (χ2n) is 5.55. The van der Waals surface area contributed by atoms with Gasteiger partial charge < -0.3 is 9.64 Å². The second kappa shape index (κ2) is 7.32. The number of ketones is 1. The molecule has 0 radical (unpaired) electrons. The monoisotopic (exact) mass is 393 g/mol. The number of nitrogens with zero attached hydrogens (tertiary/aromatic N) is 1. The molecule has 3 nitrogen and oxygen atoms in total. The maximum atomic E-state index is 11.6. The zero-order chi connectivity index (χ0) is 18.1. The predicted molar refractivity (Wildman–Crippen MR) is 106 cm³/mol. The Hall–Kier alpha value is -1.62. The summed E-state index contributed by atoms with van der Waals surface area (Å²) in [6, 6.07) is 9.31. The maximum absolute atomic E-state index is 11.6. The van der Waals surface area contributed by atoms with Gasteiger partial charge in [0.15, 0.2) is 5.78 Å². The van der Waals surface area contributed by atoms with Gasteiger partial charge in [-0.25, -0.2) is 0 Å². The van der Waals surface area contributed by atoms with Crippen molar-refractivity contribution in [3.63, 3.8) is 0 Å². The number of benzene rings is 2. The molecule has 0 saturated heterocycles. The maximum Gasteiger partial charge on any atom is 0.155 e. The van der Waals surface area contributed by atoms with Gasteiger partial charge in [-0.2, -0.15) is 0 Å². The van der Waals surface area contributed by atoms with E-state index >= 15 is 0 Å². The van der Waals surface area contributed by atoms with E-state index in [1.54, 1.807) is 44.0 Å². The molecule has 0 N–H and O–H groups in total. The average Bonchev–Trinajstić information content (AvgIpc) is 2.92. The highest BCUT2D eigenvalue weighted by molar-refractivity contribution is 8.03. The minimum absolute atomic E-state index is 0.0167. The van der Waals surface area contributed by atoms with Gasteiger partial charge in [-0.15, -0.1) is 0 Å². The Bertz CT molecular complexity index is 880. The van der Waals surface area contributed by atoms with Crippen LogP contribution in [0.4, 0.5) is 5.69 Å². The molecule has 2 aromatic carbocycles. The highest BCUT2D eigenvalue weighted by atomic mass is 35.5. The quantitative estimate of drug-likeness (QED) is 0.592. The van der Waals surface area contributed by atoms with Crippen molar-refractivity contribution in [2.24, 2.45) is 0 Å². The Morgan fingerprint density at radius 2 is 2.04 bits per heavy atom.